The highest BCUT2D eigenvalue weighted by atomic mass is 32.2. The van der Waals surface area contributed by atoms with Gasteiger partial charge in [-0.05, 0) is 60.7 Å². The first-order valence-electron chi connectivity index (χ1n) is 10.5. The fourth-order valence-electron chi connectivity index (χ4n) is 3.40. The van der Waals surface area contributed by atoms with Crippen molar-refractivity contribution in [2.75, 3.05) is 40.0 Å². The Balaban J connectivity index is 1.52. The highest BCUT2D eigenvalue weighted by Gasteiger charge is 2.30. The summed E-state index contributed by atoms with van der Waals surface area (Å²) in [5.74, 6) is 0.657. The maximum atomic E-state index is 12.8. The maximum Gasteiger partial charge on any atom is 0.266 e. The van der Waals surface area contributed by atoms with E-state index < -0.39 is 0 Å². The number of aliphatic imine (C=N–C) groups is 1. The van der Waals surface area contributed by atoms with E-state index in [0.29, 0.717) is 54.2 Å². The Morgan fingerprint density at radius 1 is 1.19 bits per heavy atom. The van der Waals surface area contributed by atoms with Crippen molar-refractivity contribution in [1.29, 1.82) is 0 Å². The molecule has 4 rings (SSSR count). The maximum absolute atomic E-state index is 12.8. The number of ether oxygens (including phenoxy) is 2. The predicted molar refractivity (Wildman–Crippen MR) is 126 cm³/mol. The second kappa shape index (κ2) is 10.0. The minimum absolute atomic E-state index is 0.0325. The number of carbonyl (C=O) groups excluding carboxylic acids is 2. The van der Waals surface area contributed by atoms with Gasteiger partial charge in [-0.15, -0.1) is 0 Å². The standard InChI is InChI=1S/C24H25N3O4S/c1-3-31-20-9-7-17(8-10-20)15-21-23(29)26(2)24(32-21)25-19-6-4-5-18(16-19)22(28)27-11-13-30-14-12-27/h4-10,15-16H,3,11-14H2,1-2H3/b21-15+,25-24?. The summed E-state index contributed by atoms with van der Waals surface area (Å²) in [6, 6.07) is 14.8. The molecule has 0 unspecified atom stereocenters. The van der Waals surface area contributed by atoms with Gasteiger partial charge in [0.25, 0.3) is 11.8 Å². The SMILES string of the molecule is CCOc1ccc(/C=C2/SC(=Nc3cccc(C(=O)N4CCOCC4)c3)N(C)C2=O)cc1. The van der Waals surface area contributed by atoms with Crippen LogP contribution in [0.4, 0.5) is 5.69 Å². The lowest BCUT2D eigenvalue weighted by atomic mass is 10.1. The van der Waals surface area contributed by atoms with Crippen molar-refractivity contribution in [3.8, 4) is 5.75 Å². The average Bonchev–Trinajstić information content (AvgIpc) is 3.08. The van der Waals surface area contributed by atoms with Crippen LogP contribution in [0.2, 0.25) is 0 Å². The molecule has 166 valence electrons. The summed E-state index contributed by atoms with van der Waals surface area (Å²) in [4.78, 5) is 34.0. The Bertz CT molecular complexity index is 1060. The second-order valence-electron chi connectivity index (χ2n) is 7.33. The first-order valence-corrected chi connectivity index (χ1v) is 11.3. The number of nitrogens with zero attached hydrogens (tertiary/aromatic N) is 3. The Morgan fingerprint density at radius 3 is 2.66 bits per heavy atom. The van der Waals surface area contributed by atoms with E-state index in [0.717, 1.165) is 11.3 Å². The summed E-state index contributed by atoms with van der Waals surface area (Å²) in [6.07, 6.45) is 1.85. The minimum Gasteiger partial charge on any atom is -0.494 e. The quantitative estimate of drug-likeness (QED) is 0.647. The molecule has 0 radical (unpaired) electrons. The molecular formula is C24H25N3O4S. The summed E-state index contributed by atoms with van der Waals surface area (Å²) in [5, 5.41) is 0.572. The van der Waals surface area contributed by atoms with Gasteiger partial charge in [0.1, 0.15) is 5.75 Å². The molecule has 8 heteroatoms. The predicted octanol–water partition coefficient (Wildman–Crippen LogP) is 3.79. The molecule has 2 saturated heterocycles. The summed E-state index contributed by atoms with van der Waals surface area (Å²) < 4.78 is 10.8. The van der Waals surface area contributed by atoms with Gasteiger partial charge in [0.05, 0.1) is 30.4 Å². The minimum atomic E-state index is -0.108. The lowest BCUT2D eigenvalue weighted by Gasteiger charge is -2.26. The Hall–Kier alpha value is -3.10. The molecule has 2 aromatic rings. The van der Waals surface area contributed by atoms with Gasteiger partial charge in [-0.2, -0.15) is 0 Å². The molecule has 0 N–H and O–H groups in total. The van der Waals surface area contributed by atoms with Crippen LogP contribution in [-0.4, -0.2) is 66.7 Å². The van der Waals surface area contributed by atoms with E-state index in [4.69, 9.17) is 9.47 Å². The van der Waals surface area contributed by atoms with E-state index in [-0.39, 0.29) is 11.8 Å². The van der Waals surface area contributed by atoms with Gasteiger partial charge < -0.3 is 14.4 Å². The van der Waals surface area contributed by atoms with Crippen LogP contribution in [-0.2, 0) is 9.53 Å². The zero-order valence-electron chi connectivity index (χ0n) is 18.1. The van der Waals surface area contributed by atoms with Crippen LogP contribution in [0.25, 0.3) is 6.08 Å². The van der Waals surface area contributed by atoms with Gasteiger partial charge in [0, 0.05) is 25.7 Å². The Morgan fingerprint density at radius 2 is 1.94 bits per heavy atom. The van der Waals surface area contributed by atoms with Crippen LogP contribution >= 0.6 is 11.8 Å². The van der Waals surface area contributed by atoms with Gasteiger partial charge in [-0.1, -0.05) is 18.2 Å². The van der Waals surface area contributed by atoms with Crippen LogP contribution in [0.3, 0.4) is 0 Å². The third kappa shape index (κ3) is 5.03. The molecule has 0 saturated carbocycles. The molecule has 2 heterocycles. The van der Waals surface area contributed by atoms with E-state index in [9.17, 15) is 9.59 Å². The van der Waals surface area contributed by atoms with Crippen LogP contribution < -0.4 is 4.74 Å². The Labute approximate surface area is 191 Å². The van der Waals surface area contributed by atoms with E-state index >= 15 is 0 Å². The molecular weight excluding hydrogens is 426 g/mol. The zero-order chi connectivity index (χ0) is 22.5. The van der Waals surface area contributed by atoms with E-state index in [2.05, 4.69) is 4.99 Å². The Kier molecular flexibility index (Phi) is 6.92. The van der Waals surface area contributed by atoms with Crippen molar-refractivity contribution in [1.82, 2.24) is 9.80 Å². The molecule has 2 aliphatic heterocycles. The van der Waals surface area contributed by atoms with Crippen molar-refractivity contribution in [3.63, 3.8) is 0 Å². The van der Waals surface area contributed by atoms with Gasteiger partial charge in [0.2, 0.25) is 0 Å². The zero-order valence-corrected chi connectivity index (χ0v) is 18.9. The molecule has 2 aliphatic rings. The van der Waals surface area contributed by atoms with Gasteiger partial charge >= 0.3 is 0 Å². The lowest BCUT2D eigenvalue weighted by Crippen LogP contribution is -2.40. The summed E-state index contributed by atoms with van der Waals surface area (Å²) in [6.45, 7) is 4.84. The normalized spacial score (nSPS) is 19.1. The van der Waals surface area contributed by atoms with E-state index in [1.165, 1.54) is 16.7 Å². The molecule has 2 amide bonds. The number of hydrogen-bond donors (Lipinski definition) is 0. The number of rotatable bonds is 5. The topological polar surface area (TPSA) is 71.4 Å². The highest BCUT2D eigenvalue weighted by molar-refractivity contribution is 8.18. The smallest absolute Gasteiger partial charge is 0.266 e. The first kappa shape index (κ1) is 22.1. The fourth-order valence-corrected chi connectivity index (χ4v) is 4.38. The number of amides is 2. The summed E-state index contributed by atoms with van der Waals surface area (Å²) >= 11 is 1.32. The number of thioether (sulfide) groups is 1. The number of hydrogen-bond acceptors (Lipinski definition) is 6. The monoisotopic (exact) mass is 451 g/mol. The molecule has 0 atom stereocenters. The average molecular weight is 452 g/mol. The lowest BCUT2D eigenvalue weighted by molar-refractivity contribution is -0.121. The van der Waals surface area contributed by atoms with Crippen molar-refractivity contribution in [2.24, 2.45) is 4.99 Å². The molecule has 0 aliphatic carbocycles. The van der Waals surface area contributed by atoms with Crippen LogP contribution in [0, 0.1) is 0 Å². The molecule has 0 bridgehead atoms. The molecule has 32 heavy (non-hydrogen) atoms. The molecule has 0 aromatic heterocycles. The van der Waals surface area contributed by atoms with E-state index in [1.807, 2.05) is 49.4 Å². The highest BCUT2D eigenvalue weighted by Crippen LogP contribution is 2.33. The first-order chi connectivity index (χ1) is 15.5. The van der Waals surface area contributed by atoms with Gasteiger partial charge in [0.15, 0.2) is 5.17 Å². The largest absolute Gasteiger partial charge is 0.494 e. The number of amidine groups is 1. The summed E-state index contributed by atoms with van der Waals surface area (Å²) in [5.41, 5.74) is 2.13. The third-order valence-corrected chi connectivity index (χ3v) is 6.17. The summed E-state index contributed by atoms with van der Waals surface area (Å²) in [7, 11) is 1.70. The fraction of sp³-hybridized carbons (Fsp3) is 0.292. The van der Waals surface area contributed by atoms with E-state index in [1.54, 1.807) is 24.1 Å². The van der Waals surface area contributed by atoms with Crippen LogP contribution in [0.1, 0.15) is 22.8 Å². The molecule has 2 fully saturated rings. The molecule has 7 nitrogen and oxygen atoms in total. The van der Waals surface area contributed by atoms with Crippen molar-refractivity contribution < 1.29 is 19.1 Å². The molecule has 0 spiro atoms. The molecule has 2 aromatic carbocycles. The van der Waals surface area contributed by atoms with Crippen molar-refractivity contribution >= 4 is 40.5 Å². The number of likely N-dealkylation sites (N-methyl/N-ethyl adjacent to an activating group) is 1. The van der Waals surface area contributed by atoms with Gasteiger partial charge in [-0.25, -0.2) is 4.99 Å². The number of carbonyl (C=O) groups is 2. The number of benzene rings is 2. The van der Waals surface area contributed by atoms with Crippen molar-refractivity contribution in [2.45, 2.75) is 6.92 Å². The van der Waals surface area contributed by atoms with Crippen LogP contribution in [0.15, 0.2) is 58.4 Å². The number of morpholine rings is 1. The van der Waals surface area contributed by atoms with Crippen molar-refractivity contribution in [3.05, 3.63) is 64.6 Å². The second-order valence-corrected chi connectivity index (χ2v) is 8.34. The van der Waals surface area contributed by atoms with Crippen LogP contribution in [0.5, 0.6) is 5.75 Å². The third-order valence-electron chi connectivity index (χ3n) is 5.11. The van der Waals surface area contributed by atoms with Gasteiger partial charge in [-0.3, -0.25) is 14.5 Å².